The van der Waals surface area contributed by atoms with Crippen LogP contribution in [0.4, 0.5) is 5.69 Å². The summed E-state index contributed by atoms with van der Waals surface area (Å²) < 4.78 is 12.2. The van der Waals surface area contributed by atoms with Crippen molar-refractivity contribution in [2.45, 2.75) is 13.8 Å². The average molecular weight is 412 g/mol. The van der Waals surface area contributed by atoms with Gasteiger partial charge in [0, 0.05) is 24.5 Å². The van der Waals surface area contributed by atoms with Crippen LogP contribution in [0, 0.1) is 13.8 Å². The summed E-state index contributed by atoms with van der Waals surface area (Å²) >= 11 is 6.17. The summed E-state index contributed by atoms with van der Waals surface area (Å²) in [6.07, 6.45) is 1.84. The number of carbonyl (C=O) groups is 1. The third-order valence-corrected chi connectivity index (χ3v) is 4.86. The Hall–Kier alpha value is -3.39. The van der Waals surface area contributed by atoms with Crippen molar-refractivity contribution in [1.82, 2.24) is 19.9 Å². The molecular weight excluding hydrogens is 394 g/mol. The van der Waals surface area contributed by atoms with Crippen molar-refractivity contribution < 1.29 is 14.1 Å². The molecule has 0 saturated heterocycles. The minimum Gasteiger partial charge on any atom is -0.495 e. The van der Waals surface area contributed by atoms with E-state index in [0.717, 1.165) is 11.3 Å². The van der Waals surface area contributed by atoms with Gasteiger partial charge >= 0.3 is 0 Å². The SMILES string of the molecule is COc1ccc(NC(=O)c2cc(-c3cn(C)nc3C)nc3onc(C)c23)cc1Cl. The Kier molecular flexibility index (Phi) is 4.71. The molecule has 3 aromatic heterocycles. The van der Waals surface area contributed by atoms with Crippen LogP contribution in [0.25, 0.3) is 22.4 Å². The smallest absolute Gasteiger partial charge is 0.259 e. The van der Waals surface area contributed by atoms with Crippen LogP contribution in [-0.2, 0) is 7.05 Å². The maximum atomic E-state index is 13.1. The fourth-order valence-corrected chi connectivity index (χ4v) is 3.46. The van der Waals surface area contributed by atoms with Gasteiger partial charge in [-0.3, -0.25) is 9.48 Å². The van der Waals surface area contributed by atoms with Gasteiger partial charge in [-0.15, -0.1) is 0 Å². The van der Waals surface area contributed by atoms with Gasteiger partial charge in [-0.1, -0.05) is 16.8 Å². The zero-order chi connectivity index (χ0) is 20.7. The minimum atomic E-state index is -0.326. The highest BCUT2D eigenvalue weighted by Gasteiger charge is 2.21. The number of aromatic nitrogens is 4. The van der Waals surface area contributed by atoms with Gasteiger partial charge in [-0.05, 0) is 38.1 Å². The first-order valence-electron chi connectivity index (χ1n) is 8.80. The number of nitrogens with zero attached hydrogens (tertiary/aromatic N) is 4. The van der Waals surface area contributed by atoms with E-state index >= 15 is 0 Å². The summed E-state index contributed by atoms with van der Waals surface area (Å²) in [6.45, 7) is 3.65. The van der Waals surface area contributed by atoms with E-state index in [1.165, 1.54) is 7.11 Å². The van der Waals surface area contributed by atoms with E-state index in [2.05, 4.69) is 20.6 Å². The highest BCUT2D eigenvalue weighted by atomic mass is 35.5. The Balaban J connectivity index is 1.79. The number of pyridine rings is 1. The molecule has 0 bridgehead atoms. The summed E-state index contributed by atoms with van der Waals surface area (Å²) in [6, 6.07) is 6.75. The van der Waals surface area contributed by atoms with Gasteiger partial charge in [0.2, 0.25) is 0 Å². The zero-order valence-corrected chi connectivity index (χ0v) is 17.0. The Labute approximate surface area is 171 Å². The maximum Gasteiger partial charge on any atom is 0.259 e. The number of amides is 1. The van der Waals surface area contributed by atoms with E-state index in [-0.39, 0.29) is 5.91 Å². The van der Waals surface area contributed by atoms with Crippen molar-refractivity contribution in [3.63, 3.8) is 0 Å². The minimum absolute atomic E-state index is 0.293. The van der Waals surface area contributed by atoms with Crippen LogP contribution in [0.3, 0.4) is 0 Å². The van der Waals surface area contributed by atoms with Crippen LogP contribution in [0.15, 0.2) is 35.0 Å². The molecule has 3 heterocycles. The van der Waals surface area contributed by atoms with Crippen molar-refractivity contribution in [2.75, 3.05) is 12.4 Å². The molecule has 1 amide bonds. The average Bonchev–Trinajstić information content (AvgIpc) is 3.22. The van der Waals surface area contributed by atoms with Crippen LogP contribution >= 0.6 is 11.6 Å². The number of nitrogens with one attached hydrogen (secondary N) is 1. The summed E-state index contributed by atoms with van der Waals surface area (Å²) in [5.74, 6) is 0.202. The molecular formula is C20H18ClN5O3. The summed E-state index contributed by atoms with van der Waals surface area (Å²) in [7, 11) is 3.36. The first kappa shape index (κ1) is 18.9. The lowest BCUT2D eigenvalue weighted by molar-refractivity contribution is 0.102. The Bertz CT molecular complexity index is 1240. The summed E-state index contributed by atoms with van der Waals surface area (Å²) in [5.41, 5.74) is 4.00. The molecule has 4 aromatic rings. The van der Waals surface area contributed by atoms with Crippen molar-refractivity contribution in [3.05, 3.63) is 52.4 Å². The second-order valence-electron chi connectivity index (χ2n) is 6.61. The summed E-state index contributed by atoms with van der Waals surface area (Å²) in [5, 5.41) is 12.1. The lowest BCUT2D eigenvalue weighted by atomic mass is 10.1. The monoisotopic (exact) mass is 411 g/mol. The lowest BCUT2D eigenvalue weighted by Crippen LogP contribution is -2.13. The van der Waals surface area contributed by atoms with Gasteiger partial charge in [0.25, 0.3) is 11.6 Å². The third kappa shape index (κ3) is 3.42. The van der Waals surface area contributed by atoms with Crippen molar-refractivity contribution in [3.8, 4) is 17.0 Å². The van der Waals surface area contributed by atoms with Gasteiger partial charge < -0.3 is 14.6 Å². The molecule has 9 heteroatoms. The van der Waals surface area contributed by atoms with Gasteiger partial charge in [-0.2, -0.15) is 5.10 Å². The van der Waals surface area contributed by atoms with Crippen molar-refractivity contribution >= 4 is 34.3 Å². The fraction of sp³-hybridized carbons (Fsp3) is 0.200. The predicted molar refractivity (Wildman–Crippen MR) is 109 cm³/mol. The van der Waals surface area contributed by atoms with Gasteiger partial charge in [0.05, 0.1) is 40.2 Å². The fourth-order valence-electron chi connectivity index (χ4n) is 3.21. The molecule has 0 aliphatic heterocycles. The zero-order valence-electron chi connectivity index (χ0n) is 16.3. The number of carbonyl (C=O) groups excluding carboxylic acids is 1. The second-order valence-corrected chi connectivity index (χ2v) is 7.02. The van der Waals surface area contributed by atoms with Crippen molar-refractivity contribution in [2.24, 2.45) is 7.05 Å². The predicted octanol–water partition coefficient (Wildman–Crippen LogP) is 4.15. The third-order valence-electron chi connectivity index (χ3n) is 4.56. The first-order valence-corrected chi connectivity index (χ1v) is 9.17. The molecule has 1 N–H and O–H groups in total. The molecule has 0 aliphatic rings. The number of halogens is 1. The standard InChI is InChI=1S/C20H18ClN5O3/c1-10-14(9-26(3)24-10)16-8-13(18-11(2)25-29-20(18)23-16)19(27)22-12-5-6-17(28-4)15(21)7-12/h5-9H,1-4H3,(H,22,27). The molecule has 0 fully saturated rings. The largest absolute Gasteiger partial charge is 0.495 e. The first-order chi connectivity index (χ1) is 13.9. The number of benzene rings is 1. The van der Waals surface area contributed by atoms with Gasteiger partial charge in [-0.25, -0.2) is 4.98 Å². The number of aryl methyl sites for hydroxylation is 3. The van der Waals surface area contributed by atoms with Crippen LogP contribution < -0.4 is 10.1 Å². The Morgan fingerprint density at radius 1 is 1.24 bits per heavy atom. The summed E-state index contributed by atoms with van der Waals surface area (Å²) in [4.78, 5) is 17.6. The molecule has 148 valence electrons. The molecule has 0 saturated carbocycles. The quantitative estimate of drug-likeness (QED) is 0.542. The highest BCUT2D eigenvalue weighted by molar-refractivity contribution is 6.32. The normalized spacial score (nSPS) is 11.1. The molecule has 0 radical (unpaired) electrons. The van der Waals surface area contributed by atoms with Gasteiger partial charge in [0.1, 0.15) is 5.75 Å². The van der Waals surface area contributed by atoms with Crippen LogP contribution in [0.1, 0.15) is 21.7 Å². The molecule has 0 spiro atoms. The molecule has 1 aromatic carbocycles. The van der Waals surface area contributed by atoms with Gasteiger partial charge in [0.15, 0.2) is 0 Å². The number of anilines is 1. The van der Waals surface area contributed by atoms with E-state index < -0.39 is 0 Å². The molecule has 0 atom stereocenters. The molecule has 0 aliphatic carbocycles. The van der Waals surface area contributed by atoms with Crippen LogP contribution in [0.2, 0.25) is 5.02 Å². The van der Waals surface area contributed by atoms with E-state index in [1.807, 2.05) is 20.2 Å². The number of hydrogen-bond acceptors (Lipinski definition) is 6. The van der Waals surface area contributed by atoms with E-state index in [1.54, 1.807) is 35.9 Å². The number of methoxy groups -OCH3 is 1. The number of rotatable bonds is 4. The van der Waals surface area contributed by atoms with Crippen LogP contribution in [0.5, 0.6) is 5.75 Å². The van der Waals surface area contributed by atoms with E-state index in [9.17, 15) is 4.79 Å². The molecule has 4 rings (SSSR count). The number of fused-ring (bicyclic) bond motifs is 1. The number of ether oxygens (including phenoxy) is 1. The highest BCUT2D eigenvalue weighted by Crippen LogP contribution is 2.30. The second kappa shape index (κ2) is 7.21. The Morgan fingerprint density at radius 3 is 2.69 bits per heavy atom. The Morgan fingerprint density at radius 2 is 2.03 bits per heavy atom. The topological polar surface area (TPSA) is 95.1 Å². The number of hydrogen-bond donors (Lipinski definition) is 1. The van der Waals surface area contributed by atoms with Crippen molar-refractivity contribution in [1.29, 1.82) is 0 Å². The molecule has 8 nitrogen and oxygen atoms in total. The van der Waals surface area contributed by atoms with E-state index in [4.69, 9.17) is 20.9 Å². The lowest BCUT2D eigenvalue weighted by Gasteiger charge is -2.10. The molecule has 29 heavy (non-hydrogen) atoms. The maximum absolute atomic E-state index is 13.1. The van der Waals surface area contributed by atoms with E-state index in [0.29, 0.717) is 44.5 Å². The molecule has 0 unspecified atom stereocenters. The van der Waals surface area contributed by atoms with Crippen LogP contribution in [-0.4, -0.2) is 32.9 Å².